The van der Waals surface area contributed by atoms with Gasteiger partial charge >= 0.3 is 6.03 Å². The number of urea groups is 1. The normalized spacial score (nSPS) is 14.6. The molecule has 0 bridgehead atoms. The minimum Gasteiger partial charge on any atom is -0.482 e. The molecule has 0 spiro atoms. The number of nitrogens with zero attached hydrogens (tertiary/aromatic N) is 4. The summed E-state index contributed by atoms with van der Waals surface area (Å²) in [7, 11) is 0. The van der Waals surface area contributed by atoms with Crippen LogP contribution in [0.4, 0.5) is 10.5 Å². The smallest absolute Gasteiger partial charge is 0.321 e. The van der Waals surface area contributed by atoms with Crippen molar-refractivity contribution in [3.8, 4) is 5.75 Å². The number of anilines is 1. The summed E-state index contributed by atoms with van der Waals surface area (Å²) in [6.45, 7) is 1.51. The predicted octanol–water partition coefficient (Wildman–Crippen LogP) is 3.46. The fourth-order valence-corrected chi connectivity index (χ4v) is 3.13. The standard InChI is InChI=1S/C20H21N5O3/c26-20(22-16-5-2-1-3-6-16)25-11-8-15(9-12-25)19-23-18(28-24-19)14-27-17-7-4-10-21-13-17/h1-7,10,13,15H,8-9,11-12,14H2,(H,22,26). The van der Waals surface area contributed by atoms with Crippen molar-refractivity contribution in [1.82, 2.24) is 20.0 Å². The van der Waals surface area contributed by atoms with Gasteiger partial charge in [0, 0.05) is 30.9 Å². The van der Waals surface area contributed by atoms with Gasteiger partial charge in [-0.2, -0.15) is 4.98 Å². The lowest BCUT2D eigenvalue weighted by Crippen LogP contribution is -2.40. The van der Waals surface area contributed by atoms with Crippen LogP contribution in [-0.4, -0.2) is 39.1 Å². The monoisotopic (exact) mass is 379 g/mol. The fourth-order valence-electron chi connectivity index (χ4n) is 3.13. The molecule has 144 valence electrons. The van der Waals surface area contributed by atoms with Gasteiger partial charge in [-0.05, 0) is 37.1 Å². The number of para-hydroxylation sites is 1. The number of amides is 2. The van der Waals surface area contributed by atoms with Crippen molar-refractivity contribution in [1.29, 1.82) is 0 Å². The van der Waals surface area contributed by atoms with Gasteiger partial charge in [0.15, 0.2) is 12.4 Å². The van der Waals surface area contributed by atoms with Crippen LogP contribution in [-0.2, 0) is 6.61 Å². The van der Waals surface area contributed by atoms with E-state index in [1.54, 1.807) is 18.5 Å². The quantitative estimate of drug-likeness (QED) is 0.730. The van der Waals surface area contributed by atoms with Crippen LogP contribution < -0.4 is 10.1 Å². The molecule has 2 amide bonds. The average molecular weight is 379 g/mol. The van der Waals surface area contributed by atoms with Gasteiger partial charge in [0.1, 0.15) is 5.75 Å². The molecule has 2 aromatic heterocycles. The number of benzene rings is 1. The Morgan fingerprint density at radius 1 is 1.18 bits per heavy atom. The molecule has 1 aliphatic heterocycles. The van der Waals surface area contributed by atoms with Gasteiger partial charge in [-0.1, -0.05) is 23.4 Å². The van der Waals surface area contributed by atoms with E-state index in [4.69, 9.17) is 9.26 Å². The molecule has 1 aromatic carbocycles. The van der Waals surface area contributed by atoms with E-state index in [-0.39, 0.29) is 18.6 Å². The molecule has 0 unspecified atom stereocenters. The highest BCUT2D eigenvalue weighted by Gasteiger charge is 2.27. The maximum atomic E-state index is 12.4. The van der Waals surface area contributed by atoms with E-state index >= 15 is 0 Å². The second-order valence-electron chi connectivity index (χ2n) is 6.58. The maximum Gasteiger partial charge on any atom is 0.321 e. The predicted molar refractivity (Wildman–Crippen MR) is 102 cm³/mol. The van der Waals surface area contributed by atoms with Crippen LogP contribution in [0.5, 0.6) is 5.75 Å². The van der Waals surface area contributed by atoms with E-state index in [0.717, 1.165) is 18.5 Å². The highest BCUT2D eigenvalue weighted by atomic mass is 16.5. The molecule has 1 saturated heterocycles. The van der Waals surface area contributed by atoms with E-state index in [1.165, 1.54) is 0 Å². The zero-order valence-corrected chi connectivity index (χ0v) is 15.3. The molecule has 1 N–H and O–H groups in total. The van der Waals surface area contributed by atoms with E-state index < -0.39 is 0 Å². The number of carbonyl (C=O) groups is 1. The summed E-state index contributed by atoms with van der Waals surface area (Å²) in [6, 6.07) is 13.0. The number of rotatable bonds is 5. The Labute approximate surface area is 162 Å². The average Bonchev–Trinajstić information content (AvgIpc) is 3.23. The minimum atomic E-state index is -0.0803. The molecule has 3 aromatic rings. The van der Waals surface area contributed by atoms with Crippen molar-refractivity contribution in [3.05, 3.63) is 66.6 Å². The van der Waals surface area contributed by atoms with Crippen LogP contribution in [0.3, 0.4) is 0 Å². The topological polar surface area (TPSA) is 93.4 Å². The summed E-state index contributed by atoms with van der Waals surface area (Å²) < 4.78 is 10.9. The van der Waals surface area contributed by atoms with E-state index in [9.17, 15) is 4.79 Å². The number of nitrogens with one attached hydrogen (secondary N) is 1. The lowest BCUT2D eigenvalue weighted by Gasteiger charge is -2.30. The molecule has 0 atom stereocenters. The summed E-state index contributed by atoms with van der Waals surface area (Å²) >= 11 is 0. The first-order valence-corrected chi connectivity index (χ1v) is 9.24. The molecular weight excluding hydrogens is 358 g/mol. The second-order valence-corrected chi connectivity index (χ2v) is 6.58. The summed E-state index contributed by atoms with van der Waals surface area (Å²) in [5, 5.41) is 7.01. The Balaban J connectivity index is 1.27. The number of piperidine rings is 1. The summed E-state index contributed by atoms with van der Waals surface area (Å²) in [4.78, 5) is 22.6. The van der Waals surface area contributed by atoms with Gasteiger partial charge in [-0.25, -0.2) is 4.79 Å². The summed E-state index contributed by atoms with van der Waals surface area (Å²) in [5.41, 5.74) is 0.797. The second kappa shape index (κ2) is 8.51. The summed E-state index contributed by atoms with van der Waals surface area (Å²) in [6.07, 6.45) is 4.91. The lowest BCUT2D eigenvalue weighted by atomic mass is 9.96. The number of carbonyl (C=O) groups excluding carboxylic acids is 1. The van der Waals surface area contributed by atoms with Crippen LogP contribution in [0, 0.1) is 0 Å². The summed E-state index contributed by atoms with van der Waals surface area (Å²) in [5.74, 6) is 1.94. The Morgan fingerprint density at radius 3 is 2.75 bits per heavy atom. The maximum absolute atomic E-state index is 12.4. The zero-order chi connectivity index (χ0) is 19.2. The highest BCUT2D eigenvalue weighted by molar-refractivity contribution is 5.89. The van der Waals surface area contributed by atoms with Crippen molar-refractivity contribution < 1.29 is 14.1 Å². The molecule has 3 heterocycles. The van der Waals surface area contributed by atoms with Crippen molar-refractivity contribution >= 4 is 11.7 Å². The van der Waals surface area contributed by atoms with Crippen LogP contribution in [0.15, 0.2) is 59.4 Å². The third kappa shape index (κ3) is 4.46. The van der Waals surface area contributed by atoms with Gasteiger partial charge in [0.2, 0.25) is 0 Å². The van der Waals surface area contributed by atoms with E-state index in [0.29, 0.717) is 30.6 Å². The molecule has 1 aliphatic rings. The molecule has 4 rings (SSSR count). The molecular formula is C20H21N5O3. The van der Waals surface area contributed by atoms with Gasteiger partial charge in [-0.15, -0.1) is 0 Å². The first-order chi connectivity index (χ1) is 13.8. The van der Waals surface area contributed by atoms with E-state index in [1.807, 2.05) is 41.3 Å². The van der Waals surface area contributed by atoms with Gasteiger partial charge < -0.3 is 19.5 Å². The number of hydrogen-bond acceptors (Lipinski definition) is 6. The van der Waals surface area contributed by atoms with Gasteiger partial charge in [0.05, 0.1) is 6.20 Å². The molecule has 8 nitrogen and oxygen atoms in total. The van der Waals surface area contributed by atoms with Crippen LogP contribution >= 0.6 is 0 Å². The largest absolute Gasteiger partial charge is 0.482 e. The van der Waals surface area contributed by atoms with Crippen molar-refractivity contribution in [2.45, 2.75) is 25.4 Å². The van der Waals surface area contributed by atoms with Crippen molar-refractivity contribution in [2.24, 2.45) is 0 Å². The molecule has 1 fully saturated rings. The number of aromatic nitrogens is 3. The molecule has 0 radical (unpaired) electrons. The molecule has 0 saturated carbocycles. The number of likely N-dealkylation sites (tertiary alicyclic amines) is 1. The zero-order valence-electron chi connectivity index (χ0n) is 15.3. The third-order valence-electron chi connectivity index (χ3n) is 4.65. The van der Waals surface area contributed by atoms with Crippen molar-refractivity contribution in [2.75, 3.05) is 18.4 Å². The van der Waals surface area contributed by atoms with Crippen LogP contribution in [0.25, 0.3) is 0 Å². The fraction of sp³-hybridized carbons (Fsp3) is 0.300. The third-order valence-corrected chi connectivity index (χ3v) is 4.65. The Morgan fingerprint density at radius 2 is 2.00 bits per heavy atom. The lowest BCUT2D eigenvalue weighted by molar-refractivity contribution is 0.193. The molecule has 8 heteroatoms. The van der Waals surface area contributed by atoms with Crippen LogP contribution in [0.2, 0.25) is 0 Å². The SMILES string of the molecule is O=C(Nc1ccccc1)N1CCC(c2noc(COc3cccnc3)n2)CC1. The number of ether oxygens (including phenoxy) is 1. The van der Waals surface area contributed by atoms with E-state index in [2.05, 4.69) is 20.4 Å². The minimum absolute atomic E-state index is 0.0803. The van der Waals surface area contributed by atoms with Gasteiger partial charge in [-0.3, -0.25) is 4.98 Å². The van der Waals surface area contributed by atoms with Crippen molar-refractivity contribution in [3.63, 3.8) is 0 Å². The highest BCUT2D eigenvalue weighted by Crippen LogP contribution is 2.26. The molecule has 28 heavy (non-hydrogen) atoms. The Kier molecular flexibility index (Phi) is 5.46. The first kappa shape index (κ1) is 18.0. The van der Waals surface area contributed by atoms with Gasteiger partial charge in [0.25, 0.3) is 5.89 Å². The van der Waals surface area contributed by atoms with Crippen LogP contribution in [0.1, 0.15) is 30.5 Å². The number of hydrogen-bond donors (Lipinski definition) is 1. The molecule has 0 aliphatic carbocycles. The Bertz CT molecular complexity index is 892. The number of pyridine rings is 1. The first-order valence-electron chi connectivity index (χ1n) is 9.24. The Hall–Kier alpha value is -3.42.